The molecule has 1 aromatic rings. The van der Waals surface area contributed by atoms with E-state index in [1.54, 1.807) is 17.1 Å². The van der Waals surface area contributed by atoms with E-state index in [-0.39, 0.29) is 23.8 Å². The Kier molecular flexibility index (Phi) is 3.52. The first-order valence-corrected chi connectivity index (χ1v) is 7.23. The second-order valence-corrected chi connectivity index (χ2v) is 6.07. The van der Waals surface area contributed by atoms with Crippen molar-refractivity contribution in [2.75, 3.05) is 32.8 Å². The lowest BCUT2D eigenvalue weighted by Crippen LogP contribution is -2.43. The highest BCUT2D eigenvalue weighted by Crippen LogP contribution is 2.43. The maximum atomic E-state index is 12.6. The highest BCUT2D eigenvalue weighted by molar-refractivity contribution is 5.92. The smallest absolute Gasteiger partial charge is 0.272 e. The Labute approximate surface area is 118 Å². The zero-order chi connectivity index (χ0) is 14.2. The summed E-state index contributed by atoms with van der Waals surface area (Å²) in [6.45, 7) is 3.52. The minimum Gasteiger partial charge on any atom is -0.396 e. The van der Waals surface area contributed by atoms with Crippen LogP contribution in [0.3, 0.4) is 0 Å². The van der Waals surface area contributed by atoms with Crippen molar-refractivity contribution in [3.63, 3.8) is 0 Å². The Morgan fingerprint density at radius 3 is 2.90 bits per heavy atom. The van der Waals surface area contributed by atoms with Crippen LogP contribution in [-0.4, -0.2) is 58.3 Å². The number of aliphatic hydroxyl groups excluding tert-OH is 1. The third kappa shape index (κ3) is 2.13. The first-order chi connectivity index (χ1) is 9.66. The standard InChI is InChI=1S/C14H22N4O2/c1-17-10-16-6-12(17)13(20)18-7-11(8-19)14(9-18)2-4-15-5-3-14/h6,10-11,15,19H,2-5,7-9H2,1H3. The van der Waals surface area contributed by atoms with Gasteiger partial charge >= 0.3 is 0 Å². The van der Waals surface area contributed by atoms with Crippen LogP contribution < -0.4 is 5.32 Å². The number of hydrogen-bond donors (Lipinski definition) is 2. The first kappa shape index (κ1) is 13.6. The van der Waals surface area contributed by atoms with Crippen molar-refractivity contribution in [1.82, 2.24) is 19.8 Å². The Morgan fingerprint density at radius 1 is 1.55 bits per heavy atom. The van der Waals surface area contributed by atoms with Gasteiger partial charge < -0.3 is 19.9 Å². The monoisotopic (exact) mass is 278 g/mol. The number of nitrogens with zero attached hydrogens (tertiary/aromatic N) is 3. The number of aromatic nitrogens is 2. The van der Waals surface area contributed by atoms with Crippen LogP contribution in [0.2, 0.25) is 0 Å². The lowest BCUT2D eigenvalue weighted by Gasteiger charge is -2.37. The Hall–Kier alpha value is -1.40. The molecular weight excluding hydrogens is 256 g/mol. The predicted octanol–water partition coefficient (Wildman–Crippen LogP) is -0.146. The number of imidazole rings is 1. The summed E-state index contributed by atoms with van der Waals surface area (Å²) in [5, 5.41) is 13.1. The number of likely N-dealkylation sites (tertiary alicyclic amines) is 1. The van der Waals surface area contributed by atoms with Gasteiger partial charge in [0.15, 0.2) is 0 Å². The topological polar surface area (TPSA) is 70.4 Å². The number of amides is 1. The molecule has 1 atom stereocenters. The molecule has 1 amide bonds. The number of hydrogen-bond acceptors (Lipinski definition) is 4. The van der Waals surface area contributed by atoms with Crippen molar-refractivity contribution in [2.24, 2.45) is 18.4 Å². The van der Waals surface area contributed by atoms with Crippen LogP contribution in [0, 0.1) is 11.3 Å². The minimum atomic E-state index is 0.0267. The number of aliphatic hydroxyl groups is 1. The van der Waals surface area contributed by atoms with E-state index in [2.05, 4.69) is 10.3 Å². The Bertz CT molecular complexity index is 493. The third-order valence-electron chi connectivity index (χ3n) is 4.96. The van der Waals surface area contributed by atoms with Crippen molar-refractivity contribution >= 4 is 5.91 Å². The minimum absolute atomic E-state index is 0.0267. The van der Waals surface area contributed by atoms with E-state index in [1.807, 2.05) is 11.9 Å². The maximum Gasteiger partial charge on any atom is 0.272 e. The average Bonchev–Trinajstić information content (AvgIpc) is 3.03. The molecule has 2 aliphatic heterocycles. The predicted molar refractivity (Wildman–Crippen MR) is 74.2 cm³/mol. The van der Waals surface area contributed by atoms with Gasteiger partial charge in [-0.2, -0.15) is 0 Å². The molecule has 0 bridgehead atoms. The number of aryl methyl sites for hydroxylation is 1. The number of carbonyl (C=O) groups is 1. The SMILES string of the molecule is Cn1cncc1C(=O)N1CC(CO)C2(CCNCC2)C1. The van der Waals surface area contributed by atoms with E-state index < -0.39 is 0 Å². The van der Waals surface area contributed by atoms with E-state index in [0.29, 0.717) is 12.2 Å². The van der Waals surface area contributed by atoms with Gasteiger partial charge in [-0.05, 0) is 31.3 Å². The Balaban J connectivity index is 1.80. The fraction of sp³-hybridized carbons (Fsp3) is 0.714. The molecule has 3 rings (SSSR count). The molecule has 0 aromatic carbocycles. The van der Waals surface area contributed by atoms with Crippen LogP contribution in [0.4, 0.5) is 0 Å². The zero-order valence-electron chi connectivity index (χ0n) is 11.9. The summed E-state index contributed by atoms with van der Waals surface area (Å²) < 4.78 is 1.75. The van der Waals surface area contributed by atoms with Crippen molar-refractivity contribution in [3.05, 3.63) is 18.2 Å². The molecule has 2 N–H and O–H groups in total. The van der Waals surface area contributed by atoms with Crippen molar-refractivity contribution in [1.29, 1.82) is 0 Å². The molecule has 110 valence electrons. The van der Waals surface area contributed by atoms with Gasteiger partial charge in [0.1, 0.15) is 5.69 Å². The molecular formula is C14H22N4O2. The quantitative estimate of drug-likeness (QED) is 0.789. The summed E-state index contributed by atoms with van der Waals surface area (Å²) in [6, 6.07) is 0. The van der Waals surface area contributed by atoms with E-state index >= 15 is 0 Å². The van der Waals surface area contributed by atoms with E-state index in [0.717, 1.165) is 32.5 Å². The van der Waals surface area contributed by atoms with Crippen molar-refractivity contribution in [3.8, 4) is 0 Å². The molecule has 6 heteroatoms. The van der Waals surface area contributed by atoms with Crippen LogP contribution in [0.25, 0.3) is 0 Å². The first-order valence-electron chi connectivity index (χ1n) is 7.23. The highest BCUT2D eigenvalue weighted by atomic mass is 16.3. The number of carbonyl (C=O) groups excluding carboxylic acids is 1. The largest absolute Gasteiger partial charge is 0.396 e. The second kappa shape index (κ2) is 5.18. The lowest BCUT2D eigenvalue weighted by atomic mass is 9.71. The molecule has 1 spiro atoms. The molecule has 0 aliphatic carbocycles. The summed E-state index contributed by atoms with van der Waals surface area (Å²) in [5.74, 6) is 0.223. The lowest BCUT2D eigenvalue weighted by molar-refractivity contribution is 0.0747. The summed E-state index contributed by atoms with van der Waals surface area (Å²) in [4.78, 5) is 18.5. The van der Waals surface area contributed by atoms with Crippen LogP contribution in [0.5, 0.6) is 0 Å². The van der Waals surface area contributed by atoms with Gasteiger partial charge in [-0.15, -0.1) is 0 Å². The van der Waals surface area contributed by atoms with E-state index in [1.165, 1.54) is 0 Å². The van der Waals surface area contributed by atoms with Crippen LogP contribution in [0.15, 0.2) is 12.5 Å². The molecule has 1 unspecified atom stereocenters. The van der Waals surface area contributed by atoms with E-state index in [4.69, 9.17) is 0 Å². The molecule has 0 saturated carbocycles. The van der Waals surface area contributed by atoms with Gasteiger partial charge in [-0.25, -0.2) is 4.98 Å². The average molecular weight is 278 g/mol. The van der Waals surface area contributed by atoms with Gasteiger partial charge in [0.05, 0.1) is 12.5 Å². The molecule has 3 heterocycles. The molecule has 2 saturated heterocycles. The molecule has 1 aromatic heterocycles. The Morgan fingerprint density at radius 2 is 2.30 bits per heavy atom. The van der Waals surface area contributed by atoms with Gasteiger partial charge in [0.25, 0.3) is 5.91 Å². The van der Waals surface area contributed by atoms with Crippen molar-refractivity contribution < 1.29 is 9.90 Å². The van der Waals surface area contributed by atoms with Crippen LogP contribution in [-0.2, 0) is 7.05 Å². The highest BCUT2D eigenvalue weighted by Gasteiger charge is 2.48. The normalized spacial score (nSPS) is 25.3. The summed E-state index contributed by atoms with van der Waals surface area (Å²) in [5.41, 5.74) is 0.710. The van der Waals surface area contributed by atoms with Gasteiger partial charge in [0, 0.05) is 32.7 Å². The number of rotatable bonds is 2. The van der Waals surface area contributed by atoms with E-state index in [9.17, 15) is 9.90 Å². The molecule has 20 heavy (non-hydrogen) atoms. The van der Waals surface area contributed by atoms with Crippen LogP contribution in [0.1, 0.15) is 23.3 Å². The fourth-order valence-electron chi connectivity index (χ4n) is 3.66. The number of piperidine rings is 1. The molecule has 2 aliphatic rings. The third-order valence-corrected chi connectivity index (χ3v) is 4.96. The van der Waals surface area contributed by atoms with Crippen LogP contribution >= 0.6 is 0 Å². The molecule has 6 nitrogen and oxygen atoms in total. The van der Waals surface area contributed by atoms with Crippen molar-refractivity contribution in [2.45, 2.75) is 12.8 Å². The number of nitrogens with one attached hydrogen (secondary N) is 1. The maximum absolute atomic E-state index is 12.6. The molecule has 0 radical (unpaired) electrons. The summed E-state index contributed by atoms with van der Waals surface area (Å²) >= 11 is 0. The summed E-state index contributed by atoms with van der Waals surface area (Å²) in [7, 11) is 1.83. The zero-order valence-corrected chi connectivity index (χ0v) is 11.9. The summed E-state index contributed by atoms with van der Waals surface area (Å²) in [6.07, 6.45) is 5.33. The fourth-order valence-corrected chi connectivity index (χ4v) is 3.66. The molecule has 2 fully saturated rings. The second-order valence-electron chi connectivity index (χ2n) is 6.07. The van der Waals surface area contributed by atoms with Gasteiger partial charge in [-0.3, -0.25) is 4.79 Å². The van der Waals surface area contributed by atoms with Gasteiger partial charge in [-0.1, -0.05) is 0 Å². The van der Waals surface area contributed by atoms with Gasteiger partial charge in [0.2, 0.25) is 0 Å².